The van der Waals surface area contributed by atoms with Gasteiger partial charge in [-0.3, -0.25) is 9.48 Å². The third-order valence-electron chi connectivity index (χ3n) is 2.76. The molecule has 0 aliphatic rings. The second-order valence-corrected chi connectivity index (χ2v) is 4.14. The van der Waals surface area contributed by atoms with Crippen LogP contribution in [0.2, 0.25) is 5.15 Å². The number of nitrogens with zero attached hydrogens (tertiary/aromatic N) is 2. The van der Waals surface area contributed by atoms with E-state index in [0.717, 1.165) is 10.9 Å². The fourth-order valence-corrected chi connectivity index (χ4v) is 2.23. The topological polar surface area (TPSA) is 81.1 Å². The molecule has 1 aromatic heterocycles. The average Bonchev–Trinajstić information content (AvgIpc) is 2.56. The number of aromatic nitrogens is 2. The number of aryl methyl sites for hydroxylation is 1. The lowest BCUT2D eigenvalue weighted by Gasteiger charge is -2.12. The fourth-order valence-electron chi connectivity index (χ4n) is 1.97. The Morgan fingerprint density at radius 1 is 1.65 bits per heavy atom. The fraction of sp³-hybridized carbons (Fsp3) is 0.273. The first-order valence-corrected chi connectivity index (χ1v) is 5.48. The maximum Gasteiger partial charge on any atom is 0.312 e. The number of halogens is 1. The Balaban J connectivity index is 2.73. The van der Waals surface area contributed by atoms with E-state index in [1.807, 2.05) is 6.07 Å². The molecule has 0 saturated carbocycles. The zero-order chi connectivity index (χ0) is 12.6. The van der Waals surface area contributed by atoms with Crippen LogP contribution in [-0.2, 0) is 11.8 Å². The van der Waals surface area contributed by atoms with Crippen LogP contribution < -0.4 is 5.73 Å². The number of hydrogen-bond acceptors (Lipinski definition) is 3. The van der Waals surface area contributed by atoms with Crippen LogP contribution in [0.3, 0.4) is 0 Å². The minimum absolute atomic E-state index is 0.0389. The van der Waals surface area contributed by atoms with E-state index < -0.39 is 11.9 Å². The Bertz CT molecular complexity index is 579. The van der Waals surface area contributed by atoms with Crippen LogP contribution in [0.4, 0.5) is 0 Å². The van der Waals surface area contributed by atoms with Crippen LogP contribution in [0, 0.1) is 0 Å². The van der Waals surface area contributed by atoms with Gasteiger partial charge in [0, 0.05) is 19.0 Å². The highest BCUT2D eigenvalue weighted by atomic mass is 35.5. The number of fused-ring (bicyclic) bond motifs is 1. The van der Waals surface area contributed by atoms with Crippen molar-refractivity contribution in [3.8, 4) is 0 Å². The lowest BCUT2D eigenvalue weighted by Crippen LogP contribution is -2.21. The predicted octanol–water partition coefficient (Wildman–Crippen LogP) is 1.35. The number of carboxylic acid groups (broad SMARTS) is 1. The Kier molecular flexibility index (Phi) is 3.04. The second-order valence-electron chi connectivity index (χ2n) is 3.78. The van der Waals surface area contributed by atoms with Gasteiger partial charge in [-0.2, -0.15) is 5.10 Å². The summed E-state index contributed by atoms with van der Waals surface area (Å²) in [5, 5.41) is 14.3. The van der Waals surface area contributed by atoms with Crippen molar-refractivity contribution in [1.82, 2.24) is 9.78 Å². The number of para-hydroxylation sites is 1. The van der Waals surface area contributed by atoms with E-state index in [1.54, 1.807) is 23.9 Å². The van der Waals surface area contributed by atoms with Crippen molar-refractivity contribution >= 4 is 28.5 Å². The predicted molar refractivity (Wildman–Crippen MR) is 65.2 cm³/mol. The van der Waals surface area contributed by atoms with Gasteiger partial charge in [0.15, 0.2) is 5.15 Å². The average molecular weight is 254 g/mol. The van der Waals surface area contributed by atoms with Gasteiger partial charge < -0.3 is 10.8 Å². The molecule has 0 bridgehead atoms. The summed E-state index contributed by atoms with van der Waals surface area (Å²) in [7, 11) is 1.73. The molecule has 90 valence electrons. The third kappa shape index (κ3) is 1.87. The molecule has 0 aliphatic carbocycles. The first kappa shape index (κ1) is 11.9. The number of nitrogens with two attached hydrogens (primary N) is 1. The third-order valence-corrected chi connectivity index (χ3v) is 3.04. The van der Waals surface area contributed by atoms with Crippen molar-refractivity contribution in [3.05, 3.63) is 28.9 Å². The lowest BCUT2D eigenvalue weighted by atomic mass is 9.97. The highest BCUT2D eigenvalue weighted by Gasteiger charge is 2.22. The van der Waals surface area contributed by atoms with E-state index in [4.69, 9.17) is 22.4 Å². The number of rotatable bonds is 3. The quantitative estimate of drug-likeness (QED) is 0.865. The van der Waals surface area contributed by atoms with Crippen molar-refractivity contribution < 1.29 is 9.90 Å². The molecular formula is C11H12ClN3O2. The number of aliphatic carboxylic acids is 1. The first-order valence-electron chi connectivity index (χ1n) is 5.10. The smallest absolute Gasteiger partial charge is 0.312 e. The van der Waals surface area contributed by atoms with Crippen LogP contribution in [0.25, 0.3) is 10.9 Å². The minimum atomic E-state index is -0.947. The summed E-state index contributed by atoms with van der Waals surface area (Å²) in [5.74, 6) is -1.69. The van der Waals surface area contributed by atoms with E-state index in [2.05, 4.69) is 5.10 Å². The van der Waals surface area contributed by atoms with E-state index in [9.17, 15) is 4.79 Å². The van der Waals surface area contributed by atoms with Crippen molar-refractivity contribution in [2.24, 2.45) is 12.8 Å². The van der Waals surface area contributed by atoms with Gasteiger partial charge in [-0.1, -0.05) is 23.7 Å². The Labute approximate surface area is 103 Å². The van der Waals surface area contributed by atoms with Gasteiger partial charge in [0.2, 0.25) is 0 Å². The molecule has 0 saturated heterocycles. The Hall–Kier alpha value is -1.59. The van der Waals surface area contributed by atoms with E-state index in [0.29, 0.717) is 10.7 Å². The molecule has 3 N–H and O–H groups in total. The zero-order valence-electron chi connectivity index (χ0n) is 9.22. The number of carbonyl (C=O) groups is 1. The van der Waals surface area contributed by atoms with Crippen molar-refractivity contribution in [2.45, 2.75) is 5.92 Å². The number of carboxylic acids is 1. The largest absolute Gasteiger partial charge is 0.481 e. The molecule has 1 unspecified atom stereocenters. The zero-order valence-corrected chi connectivity index (χ0v) is 9.98. The Morgan fingerprint density at radius 2 is 2.35 bits per heavy atom. The summed E-state index contributed by atoms with van der Waals surface area (Å²) in [6.07, 6.45) is 0. The number of benzene rings is 1. The molecule has 0 spiro atoms. The monoisotopic (exact) mass is 253 g/mol. The molecule has 1 atom stereocenters. The summed E-state index contributed by atoms with van der Waals surface area (Å²) in [6.45, 7) is 0.0389. The SMILES string of the molecule is Cn1nc(Cl)c2cccc(C(CN)C(=O)O)c21. The molecular weight excluding hydrogens is 242 g/mol. The first-order chi connectivity index (χ1) is 8.06. The molecule has 1 aromatic carbocycles. The van der Waals surface area contributed by atoms with Crippen LogP contribution in [0.1, 0.15) is 11.5 Å². The normalized spacial score (nSPS) is 12.9. The van der Waals surface area contributed by atoms with Gasteiger partial charge in [-0.05, 0) is 11.6 Å². The summed E-state index contributed by atoms with van der Waals surface area (Å²) < 4.78 is 1.58. The van der Waals surface area contributed by atoms with Gasteiger partial charge in [-0.25, -0.2) is 0 Å². The van der Waals surface area contributed by atoms with Crippen LogP contribution in [0.5, 0.6) is 0 Å². The molecule has 0 aliphatic heterocycles. The molecule has 2 rings (SSSR count). The molecule has 0 radical (unpaired) electrons. The van der Waals surface area contributed by atoms with E-state index >= 15 is 0 Å². The Morgan fingerprint density at radius 3 is 2.94 bits per heavy atom. The summed E-state index contributed by atoms with van der Waals surface area (Å²) in [6, 6.07) is 5.31. The van der Waals surface area contributed by atoms with Crippen molar-refractivity contribution in [2.75, 3.05) is 6.54 Å². The molecule has 17 heavy (non-hydrogen) atoms. The van der Waals surface area contributed by atoms with Gasteiger partial charge in [-0.15, -0.1) is 0 Å². The highest BCUT2D eigenvalue weighted by molar-refractivity contribution is 6.34. The van der Waals surface area contributed by atoms with Crippen molar-refractivity contribution in [1.29, 1.82) is 0 Å². The highest BCUT2D eigenvalue weighted by Crippen LogP contribution is 2.29. The molecule has 5 nitrogen and oxygen atoms in total. The molecule has 0 fully saturated rings. The number of hydrogen-bond donors (Lipinski definition) is 2. The van der Waals surface area contributed by atoms with Gasteiger partial charge in [0.25, 0.3) is 0 Å². The van der Waals surface area contributed by atoms with Crippen LogP contribution in [-0.4, -0.2) is 27.4 Å². The van der Waals surface area contributed by atoms with Gasteiger partial charge >= 0.3 is 5.97 Å². The van der Waals surface area contributed by atoms with E-state index in [1.165, 1.54) is 0 Å². The van der Waals surface area contributed by atoms with Crippen LogP contribution in [0.15, 0.2) is 18.2 Å². The second kappa shape index (κ2) is 4.35. The molecule has 6 heteroatoms. The lowest BCUT2D eigenvalue weighted by molar-refractivity contribution is -0.138. The van der Waals surface area contributed by atoms with Gasteiger partial charge in [0.05, 0.1) is 11.4 Å². The van der Waals surface area contributed by atoms with Crippen molar-refractivity contribution in [3.63, 3.8) is 0 Å². The summed E-state index contributed by atoms with van der Waals surface area (Å²) in [4.78, 5) is 11.2. The molecule has 0 amide bonds. The standard InChI is InChI=1S/C11H12ClN3O2/c1-15-9-6(8(5-13)11(16)17)3-2-4-7(9)10(12)14-15/h2-4,8H,5,13H2,1H3,(H,16,17). The maximum atomic E-state index is 11.2. The molecule has 2 aromatic rings. The maximum absolute atomic E-state index is 11.2. The minimum Gasteiger partial charge on any atom is -0.481 e. The van der Waals surface area contributed by atoms with Gasteiger partial charge in [0.1, 0.15) is 0 Å². The summed E-state index contributed by atoms with van der Waals surface area (Å²) >= 11 is 5.97. The van der Waals surface area contributed by atoms with Crippen LogP contribution >= 0.6 is 11.6 Å². The summed E-state index contributed by atoms with van der Waals surface area (Å²) in [5.41, 5.74) is 6.87. The van der Waals surface area contributed by atoms with E-state index in [-0.39, 0.29) is 6.54 Å². The molecule has 1 heterocycles.